The van der Waals surface area contributed by atoms with Gasteiger partial charge < -0.3 is 9.64 Å². The maximum atomic E-state index is 13.7. The van der Waals surface area contributed by atoms with Crippen LogP contribution in [0.3, 0.4) is 0 Å². The maximum absolute atomic E-state index is 13.7. The minimum absolute atomic E-state index is 0.0124. The van der Waals surface area contributed by atoms with Crippen molar-refractivity contribution in [2.24, 2.45) is 5.92 Å². The molecule has 1 heterocycles. The van der Waals surface area contributed by atoms with Crippen molar-refractivity contribution in [3.63, 3.8) is 0 Å². The van der Waals surface area contributed by atoms with Crippen molar-refractivity contribution in [3.05, 3.63) is 35.4 Å². The number of amides is 1. The van der Waals surface area contributed by atoms with Crippen molar-refractivity contribution in [1.29, 1.82) is 0 Å². The van der Waals surface area contributed by atoms with Gasteiger partial charge in [0, 0.05) is 18.2 Å². The molecule has 5 heteroatoms. The lowest BCUT2D eigenvalue weighted by atomic mass is 10.1. The van der Waals surface area contributed by atoms with Crippen molar-refractivity contribution >= 4 is 5.91 Å². The Labute approximate surface area is 116 Å². The number of nitrogens with zero attached hydrogens (tertiary/aromatic N) is 1. The summed E-state index contributed by atoms with van der Waals surface area (Å²) < 4.78 is 32.7. The Hall–Kier alpha value is -1.49. The van der Waals surface area contributed by atoms with Gasteiger partial charge in [-0.15, -0.1) is 0 Å². The highest BCUT2D eigenvalue weighted by Crippen LogP contribution is 2.32. The molecule has 2 aliphatic rings. The molecule has 0 N–H and O–H groups in total. The SMILES string of the molecule is O=C([C@H]1CCOC1)N(Cc1c(F)cccc1F)C1CC1. The Morgan fingerprint density at radius 3 is 2.50 bits per heavy atom. The molecule has 108 valence electrons. The van der Waals surface area contributed by atoms with E-state index in [1.165, 1.54) is 18.2 Å². The predicted octanol–water partition coefficient (Wildman–Crippen LogP) is 2.49. The predicted molar refractivity (Wildman–Crippen MR) is 68.9 cm³/mol. The van der Waals surface area contributed by atoms with Gasteiger partial charge in [-0.3, -0.25) is 4.79 Å². The van der Waals surface area contributed by atoms with E-state index in [1.807, 2.05) is 0 Å². The molecule has 1 aliphatic carbocycles. The summed E-state index contributed by atoms with van der Waals surface area (Å²) in [6.07, 6.45) is 2.52. The van der Waals surface area contributed by atoms with Crippen LogP contribution in [-0.2, 0) is 16.1 Å². The molecule has 0 aromatic heterocycles. The summed E-state index contributed by atoms with van der Waals surface area (Å²) in [5.74, 6) is -1.38. The van der Waals surface area contributed by atoms with Crippen LogP contribution in [0.2, 0.25) is 0 Å². The minimum atomic E-state index is -0.592. The lowest BCUT2D eigenvalue weighted by molar-refractivity contribution is -0.136. The summed E-state index contributed by atoms with van der Waals surface area (Å²) in [7, 11) is 0. The smallest absolute Gasteiger partial charge is 0.228 e. The first-order valence-corrected chi connectivity index (χ1v) is 6.98. The van der Waals surface area contributed by atoms with Crippen LogP contribution in [0.25, 0.3) is 0 Å². The Bertz CT molecular complexity index is 490. The van der Waals surface area contributed by atoms with Gasteiger partial charge in [-0.25, -0.2) is 8.78 Å². The number of carbonyl (C=O) groups excluding carboxylic acids is 1. The second-order valence-corrected chi connectivity index (χ2v) is 5.46. The molecule has 1 atom stereocenters. The normalized spacial score (nSPS) is 22.0. The number of hydrogen-bond acceptors (Lipinski definition) is 2. The van der Waals surface area contributed by atoms with Gasteiger partial charge in [-0.1, -0.05) is 6.07 Å². The van der Waals surface area contributed by atoms with Gasteiger partial charge in [-0.2, -0.15) is 0 Å². The van der Waals surface area contributed by atoms with Gasteiger partial charge in [0.05, 0.1) is 19.1 Å². The highest BCUT2D eigenvalue weighted by molar-refractivity contribution is 5.80. The topological polar surface area (TPSA) is 29.5 Å². The first kappa shape index (κ1) is 13.5. The molecule has 1 aromatic carbocycles. The molecule has 1 saturated carbocycles. The quantitative estimate of drug-likeness (QED) is 0.848. The fraction of sp³-hybridized carbons (Fsp3) is 0.533. The minimum Gasteiger partial charge on any atom is -0.381 e. The van der Waals surface area contributed by atoms with Crippen LogP contribution >= 0.6 is 0 Å². The van der Waals surface area contributed by atoms with E-state index in [9.17, 15) is 13.6 Å². The molecule has 1 aliphatic heterocycles. The molecular formula is C15H17F2NO2. The van der Waals surface area contributed by atoms with E-state index >= 15 is 0 Å². The number of ether oxygens (including phenoxy) is 1. The van der Waals surface area contributed by atoms with E-state index in [0.29, 0.717) is 19.6 Å². The molecule has 3 nitrogen and oxygen atoms in total. The van der Waals surface area contributed by atoms with Crippen molar-refractivity contribution in [3.8, 4) is 0 Å². The van der Waals surface area contributed by atoms with Crippen LogP contribution in [0.15, 0.2) is 18.2 Å². The molecule has 20 heavy (non-hydrogen) atoms. The summed E-state index contributed by atoms with van der Waals surface area (Å²) in [6, 6.07) is 3.92. The number of benzene rings is 1. The van der Waals surface area contributed by atoms with Crippen LogP contribution in [0.5, 0.6) is 0 Å². The summed E-state index contributed by atoms with van der Waals surface area (Å²) in [6.45, 7) is 1.02. The zero-order valence-electron chi connectivity index (χ0n) is 11.1. The number of hydrogen-bond donors (Lipinski definition) is 0. The van der Waals surface area contributed by atoms with E-state index in [-0.39, 0.29) is 30.0 Å². The summed E-state index contributed by atoms with van der Waals surface area (Å²) in [5, 5.41) is 0. The summed E-state index contributed by atoms with van der Waals surface area (Å²) in [4.78, 5) is 14.1. The average molecular weight is 281 g/mol. The van der Waals surface area contributed by atoms with Crippen LogP contribution in [-0.4, -0.2) is 30.1 Å². The van der Waals surface area contributed by atoms with Crippen LogP contribution < -0.4 is 0 Å². The molecule has 0 radical (unpaired) electrons. The number of halogens is 2. The highest BCUT2D eigenvalue weighted by Gasteiger charge is 2.37. The molecule has 0 spiro atoms. The third-order valence-corrected chi connectivity index (χ3v) is 3.94. The van der Waals surface area contributed by atoms with E-state index in [0.717, 1.165) is 12.8 Å². The Balaban J connectivity index is 1.79. The van der Waals surface area contributed by atoms with Crippen LogP contribution in [0.4, 0.5) is 8.78 Å². The van der Waals surface area contributed by atoms with Crippen LogP contribution in [0.1, 0.15) is 24.8 Å². The second kappa shape index (κ2) is 5.48. The lowest BCUT2D eigenvalue weighted by Crippen LogP contribution is -2.38. The fourth-order valence-corrected chi connectivity index (χ4v) is 2.59. The third kappa shape index (κ3) is 2.68. The summed E-state index contributed by atoms with van der Waals surface area (Å²) >= 11 is 0. The van der Waals surface area contributed by atoms with Gasteiger partial charge in [-0.05, 0) is 31.4 Å². The molecule has 2 fully saturated rings. The fourth-order valence-electron chi connectivity index (χ4n) is 2.59. The van der Waals surface area contributed by atoms with Crippen LogP contribution in [0, 0.1) is 17.6 Å². The third-order valence-electron chi connectivity index (χ3n) is 3.94. The van der Waals surface area contributed by atoms with Crippen molar-refractivity contribution < 1.29 is 18.3 Å². The second-order valence-electron chi connectivity index (χ2n) is 5.46. The van der Waals surface area contributed by atoms with Gasteiger partial charge >= 0.3 is 0 Å². The van der Waals surface area contributed by atoms with Crippen molar-refractivity contribution in [1.82, 2.24) is 4.90 Å². The van der Waals surface area contributed by atoms with Crippen molar-refractivity contribution in [2.45, 2.75) is 31.8 Å². The van der Waals surface area contributed by atoms with Gasteiger partial charge in [0.2, 0.25) is 5.91 Å². The van der Waals surface area contributed by atoms with E-state index < -0.39 is 11.6 Å². The molecule has 3 rings (SSSR count). The molecular weight excluding hydrogens is 264 g/mol. The molecule has 1 amide bonds. The van der Waals surface area contributed by atoms with Crippen molar-refractivity contribution in [2.75, 3.05) is 13.2 Å². The zero-order valence-corrected chi connectivity index (χ0v) is 11.1. The number of carbonyl (C=O) groups is 1. The highest BCUT2D eigenvalue weighted by atomic mass is 19.1. The summed E-state index contributed by atoms with van der Waals surface area (Å²) in [5.41, 5.74) is -0.0216. The Kier molecular flexibility index (Phi) is 3.70. The molecule has 0 bridgehead atoms. The molecule has 1 aromatic rings. The first-order valence-electron chi connectivity index (χ1n) is 6.98. The zero-order chi connectivity index (χ0) is 14.1. The van der Waals surface area contributed by atoms with Gasteiger partial charge in [0.1, 0.15) is 11.6 Å². The average Bonchev–Trinajstić information content (AvgIpc) is 3.11. The van der Waals surface area contributed by atoms with E-state index in [1.54, 1.807) is 4.90 Å². The molecule has 1 saturated heterocycles. The van der Waals surface area contributed by atoms with Gasteiger partial charge in [0.15, 0.2) is 0 Å². The lowest BCUT2D eigenvalue weighted by Gasteiger charge is -2.25. The monoisotopic (exact) mass is 281 g/mol. The number of rotatable bonds is 4. The first-order chi connectivity index (χ1) is 9.66. The largest absolute Gasteiger partial charge is 0.381 e. The van der Waals surface area contributed by atoms with E-state index in [2.05, 4.69) is 0 Å². The Morgan fingerprint density at radius 2 is 1.95 bits per heavy atom. The maximum Gasteiger partial charge on any atom is 0.228 e. The van der Waals surface area contributed by atoms with E-state index in [4.69, 9.17) is 4.74 Å². The Morgan fingerprint density at radius 1 is 1.25 bits per heavy atom. The standard InChI is InChI=1S/C15H17F2NO2/c16-13-2-1-3-14(17)12(13)8-18(11-4-5-11)15(19)10-6-7-20-9-10/h1-3,10-11H,4-9H2/t10-/m0/s1. The molecule has 0 unspecified atom stereocenters. The van der Waals surface area contributed by atoms with Gasteiger partial charge in [0.25, 0.3) is 0 Å².